The van der Waals surface area contributed by atoms with Gasteiger partial charge in [-0.2, -0.15) is 8.78 Å². The SMILES string of the molecule is Cc1c(F)cc(F)c(F)c1COC(=O)[C@@H]1[C@@H](C=C(F)F)C1(C)C. The van der Waals surface area contributed by atoms with E-state index < -0.39 is 58.9 Å². The van der Waals surface area contributed by atoms with Gasteiger partial charge >= 0.3 is 5.97 Å². The topological polar surface area (TPSA) is 26.3 Å². The molecule has 2 nitrogen and oxygen atoms in total. The summed E-state index contributed by atoms with van der Waals surface area (Å²) in [6, 6.07) is 0.408. The van der Waals surface area contributed by atoms with Gasteiger partial charge in [0.1, 0.15) is 12.4 Å². The number of hydrogen-bond acceptors (Lipinski definition) is 2. The zero-order valence-corrected chi connectivity index (χ0v) is 12.7. The minimum atomic E-state index is -1.90. The van der Waals surface area contributed by atoms with Crippen molar-refractivity contribution in [2.24, 2.45) is 17.3 Å². The van der Waals surface area contributed by atoms with Crippen molar-refractivity contribution in [3.63, 3.8) is 0 Å². The Bertz CT molecular complexity index is 651. The highest BCUT2D eigenvalue weighted by molar-refractivity contribution is 5.78. The summed E-state index contributed by atoms with van der Waals surface area (Å²) >= 11 is 0. The van der Waals surface area contributed by atoms with Crippen molar-refractivity contribution in [3.8, 4) is 0 Å². The predicted octanol–water partition coefficient (Wildman–Crippen LogP) is 4.51. The minimum absolute atomic E-state index is 0.169. The molecule has 0 saturated heterocycles. The van der Waals surface area contributed by atoms with Crippen LogP contribution < -0.4 is 0 Å². The third-order valence-electron chi connectivity index (χ3n) is 4.37. The lowest BCUT2D eigenvalue weighted by atomic mass is 10.1. The number of benzene rings is 1. The summed E-state index contributed by atoms with van der Waals surface area (Å²) in [6.45, 7) is 3.81. The number of carbonyl (C=O) groups is 1. The van der Waals surface area contributed by atoms with Gasteiger partial charge in [-0.05, 0) is 24.0 Å². The molecule has 126 valence electrons. The quantitative estimate of drug-likeness (QED) is 0.460. The average Bonchev–Trinajstić information content (AvgIpc) is 2.96. The van der Waals surface area contributed by atoms with Crippen molar-refractivity contribution in [2.75, 3.05) is 0 Å². The summed E-state index contributed by atoms with van der Waals surface area (Å²) in [4.78, 5) is 12.0. The van der Waals surface area contributed by atoms with Gasteiger partial charge < -0.3 is 4.74 Å². The van der Waals surface area contributed by atoms with Crippen molar-refractivity contribution in [1.82, 2.24) is 0 Å². The fraction of sp³-hybridized carbons (Fsp3) is 0.438. The van der Waals surface area contributed by atoms with Crippen molar-refractivity contribution >= 4 is 5.97 Å². The lowest BCUT2D eigenvalue weighted by Gasteiger charge is -2.10. The van der Waals surface area contributed by atoms with Crippen LogP contribution in [0.15, 0.2) is 18.2 Å². The summed E-state index contributed by atoms with van der Waals surface area (Å²) in [5.41, 5.74) is -1.28. The zero-order chi connectivity index (χ0) is 17.5. The Hall–Kier alpha value is -1.92. The van der Waals surface area contributed by atoms with Crippen LogP contribution in [0.4, 0.5) is 22.0 Å². The Morgan fingerprint density at radius 1 is 1.26 bits per heavy atom. The Morgan fingerprint density at radius 2 is 1.87 bits per heavy atom. The van der Waals surface area contributed by atoms with E-state index in [-0.39, 0.29) is 5.56 Å². The molecule has 2 rings (SSSR count). The van der Waals surface area contributed by atoms with Gasteiger partial charge in [0.05, 0.1) is 5.92 Å². The standard InChI is InChI=1S/C16H15F5O2/c1-7-8(14(21)11(18)5-10(7)17)6-23-15(22)13-9(4-12(19)20)16(13,2)3/h4-5,9,13H,6H2,1-3H3/t9-,13+/m1/s1. The van der Waals surface area contributed by atoms with Crippen LogP contribution in [0.5, 0.6) is 0 Å². The van der Waals surface area contributed by atoms with E-state index in [4.69, 9.17) is 4.74 Å². The minimum Gasteiger partial charge on any atom is -0.460 e. The fourth-order valence-corrected chi connectivity index (χ4v) is 2.72. The molecule has 0 heterocycles. The summed E-state index contributed by atoms with van der Waals surface area (Å²) < 4.78 is 69.8. The summed E-state index contributed by atoms with van der Waals surface area (Å²) in [7, 11) is 0. The van der Waals surface area contributed by atoms with Crippen molar-refractivity contribution in [1.29, 1.82) is 0 Å². The third-order valence-corrected chi connectivity index (χ3v) is 4.37. The number of allylic oxidation sites excluding steroid dienone is 1. The number of ether oxygens (including phenoxy) is 1. The van der Waals surface area contributed by atoms with Crippen LogP contribution in [0.1, 0.15) is 25.0 Å². The second-order valence-corrected chi connectivity index (χ2v) is 6.15. The first-order chi connectivity index (χ1) is 10.6. The molecule has 0 spiro atoms. The van der Waals surface area contributed by atoms with Gasteiger partial charge in [0.25, 0.3) is 6.08 Å². The molecule has 0 amide bonds. The number of esters is 1. The van der Waals surface area contributed by atoms with Crippen molar-refractivity contribution in [3.05, 3.63) is 46.8 Å². The molecule has 0 aliphatic heterocycles. The van der Waals surface area contributed by atoms with Gasteiger partial charge in [-0.25, -0.2) is 13.2 Å². The van der Waals surface area contributed by atoms with Crippen LogP contribution in [0.25, 0.3) is 0 Å². The molecular weight excluding hydrogens is 319 g/mol. The first-order valence-electron chi connectivity index (χ1n) is 6.89. The molecule has 2 atom stereocenters. The Labute approximate surface area is 129 Å². The van der Waals surface area contributed by atoms with Crippen LogP contribution in [-0.2, 0) is 16.1 Å². The second kappa shape index (κ2) is 5.94. The van der Waals surface area contributed by atoms with E-state index >= 15 is 0 Å². The molecule has 23 heavy (non-hydrogen) atoms. The molecule has 0 unspecified atom stereocenters. The van der Waals surface area contributed by atoms with Gasteiger partial charge in [0.15, 0.2) is 11.6 Å². The average molecular weight is 334 g/mol. The van der Waals surface area contributed by atoms with Gasteiger partial charge in [-0.1, -0.05) is 13.8 Å². The van der Waals surface area contributed by atoms with Gasteiger partial charge in [-0.3, -0.25) is 4.79 Å². The van der Waals surface area contributed by atoms with Gasteiger partial charge in [-0.15, -0.1) is 0 Å². The molecule has 1 aliphatic rings. The molecule has 0 bridgehead atoms. The van der Waals surface area contributed by atoms with Crippen LogP contribution in [0.3, 0.4) is 0 Å². The maximum absolute atomic E-state index is 13.7. The predicted molar refractivity (Wildman–Crippen MR) is 71.9 cm³/mol. The van der Waals surface area contributed by atoms with E-state index in [1.807, 2.05) is 0 Å². The van der Waals surface area contributed by atoms with Gasteiger partial charge in [0.2, 0.25) is 0 Å². The fourth-order valence-electron chi connectivity index (χ4n) is 2.72. The monoisotopic (exact) mass is 334 g/mol. The van der Waals surface area contributed by atoms with Crippen molar-refractivity contribution < 1.29 is 31.5 Å². The zero-order valence-electron chi connectivity index (χ0n) is 12.7. The number of hydrogen-bond donors (Lipinski definition) is 0. The molecule has 1 fully saturated rings. The first kappa shape index (κ1) is 17.4. The van der Waals surface area contributed by atoms with E-state index in [1.54, 1.807) is 13.8 Å². The van der Waals surface area contributed by atoms with Crippen LogP contribution >= 0.6 is 0 Å². The molecular formula is C16H15F5O2. The molecule has 7 heteroatoms. The second-order valence-electron chi connectivity index (χ2n) is 6.15. The van der Waals surface area contributed by atoms with E-state index in [2.05, 4.69) is 0 Å². The summed E-state index contributed by atoms with van der Waals surface area (Å²) in [5, 5.41) is 0. The van der Waals surface area contributed by atoms with Crippen LogP contribution in [0.2, 0.25) is 0 Å². The maximum Gasteiger partial charge on any atom is 0.310 e. The van der Waals surface area contributed by atoms with Crippen molar-refractivity contribution in [2.45, 2.75) is 27.4 Å². The number of rotatable bonds is 4. The number of carbonyl (C=O) groups excluding carboxylic acids is 1. The highest BCUT2D eigenvalue weighted by Gasteiger charge is 2.62. The first-order valence-corrected chi connectivity index (χ1v) is 6.89. The normalized spacial score (nSPS) is 21.7. The van der Waals surface area contributed by atoms with Crippen LogP contribution in [0, 0.1) is 41.6 Å². The molecule has 1 aromatic rings. The number of halogens is 5. The molecule has 1 saturated carbocycles. The molecule has 1 aliphatic carbocycles. The van der Waals surface area contributed by atoms with E-state index in [9.17, 15) is 26.7 Å². The molecule has 1 aromatic carbocycles. The highest BCUT2D eigenvalue weighted by Crippen LogP contribution is 2.60. The molecule has 0 radical (unpaired) electrons. The third kappa shape index (κ3) is 3.23. The lowest BCUT2D eigenvalue weighted by molar-refractivity contribution is -0.147. The van der Waals surface area contributed by atoms with E-state index in [0.29, 0.717) is 12.1 Å². The molecule has 0 N–H and O–H groups in total. The Kier molecular flexibility index (Phi) is 4.50. The Morgan fingerprint density at radius 3 is 2.43 bits per heavy atom. The molecule has 0 aromatic heterocycles. The maximum atomic E-state index is 13.7. The van der Waals surface area contributed by atoms with Crippen LogP contribution in [-0.4, -0.2) is 5.97 Å². The largest absolute Gasteiger partial charge is 0.460 e. The van der Waals surface area contributed by atoms with E-state index in [0.717, 1.165) is 0 Å². The highest BCUT2D eigenvalue weighted by atomic mass is 19.3. The summed E-state index contributed by atoms with van der Waals surface area (Å²) in [6.07, 6.45) is -1.22. The summed E-state index contributed by atoms with van der Waals surface area (Å²) in [5.74, 6) is -5.92. The lowest BCUT2D eigenvalue weighted by Crippen LogP contribution is -2.13. The van der Waals surface area contributed by atoms with Gasteiger partial charge in [0, 0.05) is 17.5 Å². The Balaban J connectivity index is 2.11. The van der Waals surface area contributed by atoms with E-state index in [1.165, 1.54) is 6.92 Å². The smallest absolute Gasteiger partial charge is 0.310 e.